The molecule has 0 saturated heterocycles. The lowest BCUT2D eigenvalue weighted by molar-refractivity contribution is 0.171. The van der Waals surface area contributed by atoms with E-state index in [1.54, 1.807) is 0 Å². The van der Waals surface area contributed by atoms with E-state index in [2.05, 4.69) is 44.0 Å². The van der Waals surface area contributed by atoms with Crippen LogP contribution in [0.3, 0.4) is 0 Å². The Kier molecular flexibility index (Phi) is 4.24. The van der Waals surface area contributed by atoms with Crippen LogP contribution in [-0.4, -0.2) is 13.2 Å². The molecule has 104 valence electrons. The molecule has 1 aliphatic rings. The van der Waals surface area contributed by atoms with Crippen molar-refractivity contribution in [1.82, 2.24) is 0 Å². The van der Waals surface area contributed by atoms with Crippen molar-refractivity contribution in [3.8, 4) is 11.5 Å². The molecule has 0 amide bonds. The largest absolute Gasteiger partial charge is 0.486 e. The standard InChI is InChI=1S/C15H11Br2ClO2/c16-10-3-1-2-9(6-10)15(17)11-7-13-14(8-12(11)18)20-5-4-19-13/h1-3,6-8,15H,4-5H2. The van der Waals surface area contributed by atoms with Crippen LogP contribution < -0.4 is 9.47 Å². The maximum atomic E-state index is 6.37. The molecule has 0 N–H and O–H groups in total. The summed E-state index contributed by atoms with van der Waals surface area (Å²) in [6.45, 7) is 1.13. The van der Waals surface area contributed by atoms with Crippen molar-refractivity contribution in [3.05, 3.63) is 57.0 Å². The lowest BCUT2D eigenvalue weighted by atomic mass is 10.0. The Labute approximate surface area is 139 Å². The van der Waals surface area contributed by atoms with Crippen molar-refractivity contribution in [2.45, 2.75) is 4.83 Å². The maximum absolute atomic E-state index is 6.37. The van der Waals surface area contributed by atoms with Crippen LogP contribution >= 0.6 is 43.5 Å². The normalized spacial score (nSPS) is 14.9. The van der Waals surface area contributed by atoms with Gasteiger partial charge in [-0.3, -0.25) is 0 Å². The Morgan fingerprint density at radius 2 is 1.75 bits per heavy atom. The fourth-order valence-corrected chi connectivity index (χ4v) is 3.59. The zero-order valence-electron chi connectivity index (χ0n) is 10.4. The van der Waals surface area contributed by atoms with E-state index >= 15 is 0 Å². The molecule has 0 saturated carbocycles. The van der Waals surface area contributed by atoms with Crippen LogP contribution in [-0.2, 0) is 0 Å². The van der Waals surface area contributed by atoms with Gasteiger partial charge in [-0.2, -0.15) is 0 Å². The molecule has 2 aromatic rings. The topological polar surface area (TPSA) is 18.5 Å². The summed E-state index contributed by atoms with van der Waals surface area (Å²) in [5.74, 6) is 1.45. The fourth-order valence-electron chi connectivity index (χ4n) is 2.12. The van der Waals surface area contributed by atoms with E-state index in [1.807, 2.05) is 24.3 Å². The molecule has 0 spiro atoms. The first-order chi connectivity index (χ1) is 9.65. The van der Waals surface area contributed by atoms with E-state index < -0.39 is 0 Å². The van der Waals surface area contributed by atoms with Gasteiger partial charge in [0.25, 0.3) is 0 Å². The monoisotopic (exact) mass is 416 g/mol. The summed E-state index contributed by atoms with van der Waals surface area (Å²) in [7, 11) is 0. The molecule has 2 aromatic carbocycles. The molecule has 1 atom stereocenters. The van der Waals surface area contributed by atoms with Gasteiger partial charge in [-0.15, -0.1) is 0 Å². The molecular formula is C15H11Br2ClO2. The molecule has 2 nitrogen and oxygen atoms in total. The Hall–Kier alpha value is -0.710. The summed E-state index contributed by atoms with van der Waals surface area (Å²) in [5.41, 5.74) is 2.09. The van der Waals surface area contributed by atoms with Crippen molar-refractivity contribution in [2.75, 3.05) is 13.2 Å². The summed E-state index contributed by atoms with van der Waals surface area (Å²) >= 11 is 13.6. The number of hydrogen-bond acceptors (Lipinski definition) is 2. The van der Waals surface area contributed by atoms with Gasteiger partial charge in [-0.25, -0.2) is 0 Å². The van der Waals surface area contributed by atoms with Crippen molar-refractivity contribution in [3.63, 3.8) is 0 Å². The van der Waals surface area contributed by atoms with E-state index in [0.29, 0.717) is 24.0 Å². The van der Waals surface area contributed by atoms with Crippen LogP contribution in [0.5, 0.6) is 11.5 Å². The van der Waals surface area contributed by atoms with Crippen LogP contribution in [0.2, 0.25) is 5.02 Å². The van der Waals surface area contributed by atoms with E-state index in [0.717, 1.165) is 21.3 Å². The quantitative estimate of drug-likeness (QED) is 0.612. The molecule has 20 heavy (non-hydrogen) atoms. The highest BCUT2D eigenvalue weighted by Gasteiger charge is 2.20. The second-order valence-corrected chi connectivity index (χ2v) is 6.67. The zero-order chi connectivity index (χ0) is 14.1. The Balaban J connectivity index is 2.01. The molecule has 5 heteroatoms. The lowest BCUT2D eigenvalue weighted by Gasteiger charge is -2.21. The molecule has 3 rings (SSSR count). The predicted octanol–water partition coefficient (Wildman–Crippen LogP) is 5.36. The lowest BCUT2D eigenvalue weighted by Crippen LogP contribution is -2.15. The molecule has 1 heterocycles. The van der Waals surface area contributed by atoms with Gasteiger partial charge in [0.1, 0.15) is 13.2 Å². The molecule has 0 radical (unpaired) electrons. The Bertz CT molecular complexity index is 646. The Morgan fingerprint density at radius 3 is 2.45 bits per heavy atom. The number of alkyl halides is 1. The van der Waals surface area contributed by atoms with Crippen LogP contribution in [0.25, 0.3) is 0 Å². The number of hydrogen-bond donors (Lipinski definition) is 0. The first-order valence-corrected chi connectivity index (χ1v) is 8.22. The third-order valence-corrected chi connectivity index (χ3v) is 4.92. The van der Waals surface area contributed by atoms with Gasteiger partial charge < -0.3 is 9.47 Å². The molecule has 0 aliphatic carbocycles. The van der Waals surface area contributed by atoms with Crippen LogP contribution in [0.15, 0.2) is 40.9 Å². The van der Waals surface area contributed by atoms with Gasteiger partial charge >= 0.3 is 0 Å². The summed E-state index contributed by atoms with van der Waals surface area (Å²) in [6, 6.07) is 11.9. The van der Waals surface area contributed by atoms with Crippen LogP contribution in [0.4, 0.5) is 0 Å². The van der Waals surface area contributed by atoms with E-state index in [-0.39, 0.29) is 4.83 Å². The van der Waals surface area contributed by atoms with Crippen LogP contribution in [0, 0.1) is 0 Å². The summed E-state index contributed by atoms with van der Waals surface area (Å²) < 4.78 is 12.2. The molecule has 0 bridgehead atoms. The van der Waals surface area contributed by atoms with Gasteiger partial charge in [-0.1, -0.05) is 55.6 Å². The number of ether oxygens (including phenoxy) is 2. The average molecular weight is 419 g/mol. The summed E-state index contributed by atoms with van der Waals surface area (Å²) in [5, 5.41) is 0.663. The maximum Gasteiger partial charge on any atom is 0.162 e. The van der Waals surface area contributed by atoms with Crippen molar-refractivity contribution < 1.29 is 9.47 Å². The van der Waals surface area contributed by atoms with Gasteiger partial charge in [0, 0.05) is 15.6 Å². The van der Waals surface area contributed by atoms with E-state index in [4.69, 9.17) is 21.1 Å². The minimum absolute atomic E-state index is 0.00308. The third kappa shape index (κ3) is 2.83. The zero-order valence-corrected chi connectivity index (χ0v) is 14.3. The van der Waals surface area contributed by atoms with Crippen molar-refractivity contribution in [1.29, 1.82) is 0 Å². The van der Waals surface area contributed by atoms with Gasteiger partial charge in [0.2, 0.25) is 0 Å². The molecular weight excluding hydrogens is 407 g/mol. The van der Waals surface area contributed by atoms with Gasteiger partial charge in [0.05, 0.1) is 4.83 Å². The highest BCUT2D eigenvalue weighted by molar-refractivity contribution is 9.10. The molecule has 1 unspecified atom stereocenters. The predicted molar refractivity (Wildman–Crippen MR) is 87.4 cm³/mol. The smallest absolute Gasteiger partial charge is 0.162 e. The third-order valence-electron chi connectivity index (χ3n) is 3.08. The number of rotatable bonds is 2. The number of fused-ring (bicyclic) bond motifs is 1. The SMILES string of the molecule is Clc1cc2c(cc1C(Br)c1cccc(Br)c1)OCCO2. The van der Waals surface area contributed by atoms with Gasteiger partial charge in [0.15, 0.2) is 11.5 Å². The van der Waals surface area contributed by atoms with E-state index in [9.17, 15) is 0 Å². The van der Waals surface area contributed by atoms with Crippen molar-refractivity contribution >= 4 is 43.5 Å². The first kappa shape index (κ1) is 14.2. The number of benzene rings is 2. The van der Waals surface area contributed by atoms with Crippen LogP contribution in [0.1, 0.15) is 16.0 Å². The van der Waals surface area contributed by atoms with E-state index in [1.165, 1.54) is 0 Å². The highest BCUT2D eigenvalue weighted by atomic mass is 79.9. The van der Waals surface area contributed by atoms with Crippen molar-refractivity contribution in [2.24, 2.45) is 0 Å². The molecule has 0 fully saturated rings. The number of halogens is 3. The second kappa shape index (κ2) is 5.96. The summed E-state index contributed by atoms with van der Waals surface area (Å²) in [6.07, 6.45) is 0. The second-order valence-electron chi connectivity index (χ2n) is 4.43. The first-order valence-electron chi connectivity index (χ1n) is 6.14. The summed E-state index contributed by atoms with van der Waals surface area (Å²) in [4.78, 5) is 0.00308. The Morgan fingerprint density at radius 1 is 1.05 bits per heavy atom. The molecule has 1 aliphatic heterocycles. The minimum Gasteiger partial charge on any atom is -0.486 e. The molecule has 0 aromatic heterocycles. The average Bonchev–Trinajstić information content (AvgIpc) is 2.46. The fraction of sp³-hybridized carbons (Fsp3) is 0.200. The highest BCUT2D eigenvalue weighted by Crippen LogP contribution is 2.42. The van der Waals surface area contributed by atoms with Gasteiger partial charge in [-0.05, 0) is 29.3 Å². The minimum atomic E-state index is 0.00308.